The molecule has 0 aliphatic carbocycles. The molecular formula is C24H25ClN6O. The second-order valence-corrected chi connectivity index (χ2v) is 8.02. The number of aromatic nitrogens is 4. The smallest absolute Gasteiger partial charge is 0.227 e. The highest BCUT2D eigenvalue weighted by molar-refractivity contribution is 6.30. The number of rotatable bonds is 8. The van der Waals surface area contributed by atoms with Gasteiger partial charge in [-0.1, -0.05) is 29.8 Å². The molecule has 2 aromatic heterocycles. The molecule has 0 amide bonds. The largest absolute Gasteiger partial charge is 0.497 e. The van der Waals surface area contributed by atoms with Gasteiger partial charge >= 0.3 is 0 Å². The van der Waals surface area contributed by atoms with Gasteiger partial charge < -0.3 is 15.0 Å². The first-order chi connectivity index (χ1) is 15.5. The third-order valence-corrected chi connectivity index (χ3v) is 5.17. The Hall–Kier alpha value is -3.42. The van der Waals surface area contributed by atoms with Crippen LogP contribution in [-0.2, 0) is 6.54 Å². The number of nitrogens with one attached hydrogen (secondary N) is 1. The summed E-state index contributed by atoms with van der Waals surface area (Å²) < 4.78 is 7.25. The Balaban J connectivity index is 1.69. The number of methoxy groups -OCH3 is 1. The van der Waals surface area contributed by atoms with Crippen LogP contribution in [-0.4, -0.2) is 52.4 Å². The molecule has 0 aliphatic rings. The number of anilines is 2. The van der Waals surface area contributed by atoms with Crippen LogP contribution in [0.4, 0.5) is 11.6 Å². The van der Waals surface area contributed by atoms with Gasteiger partial charge in [0.2, 0.25) is 5.95 Å². The molecule has 7 nitrogen and oxygen atoms in total. The van der Waals surface area contributed by atoms with Crippen molar-refractivity contribution in [2.75, 3.05) is 33.1 Å². The van der Waals surface area contributed by atoms with Crippen molar-refractivity contribution in [2.24, 2.45) is 0 Å². The van der Waals surface area contributed by atoms with Crippen LogP contribution in [0.15, 0.2) is 67.0 Å². The standard InChI is InChI=1S/C24H25ClN6O/c1-30(2)13-14-31-16-21(23(29-31)17-7-9-18(25)10-8-17)22-11-12-26-24(28-22)27-19-5-4-6-20(15-19)32-3/h4-12,15-16H,13-14H2,1-3H3,(H,26,27,28). The molecule has 0 aliphatic heterocycles. The lowest BCUT2D eigenvalue weighted by Gasteiger charge is -2.08. The third-order valence-electron chi connectivity index (χ3n) is 4.91. The van der Waals surface area contributed by atoms with Gasteiger partial charge in [0.25, 0.3) is 0 Å². The Morgan fingerprint density at radius 1 is 1.09 bits per heavy atom. The molecule has 1 N–H and O–H groups in total. The molecule has 0 saturated heterocycles. The summed E-state index contributed by atoms with van der Waals surface area (Å²) in [5.74, 6) is 1.26. The minimum atomic E-state index is 0.499. The number of nitrogens with zero attached hydrogens (tertiary/aromatic N) is 5. The molecular weight excluding hydrogens is 424 g/mol. The predicted octanol–water partition coefficient (Wildman–Crippen LogP) is 4.97. The van der Waals surface area contributed by atoms with Gasteiger partial charge in [-0.25, -0.2) is 9.97 Å². The van der Waals surface area contributed by atoms with Crippen molar-refractivity contribution in [3.05, 3.63) is 72.0 Å². The van der Waals surface area contributed by atoms with Crippen molar-refractivity contribution in [1.29, 1.82) is 0 Å². The molecule has 0 unspecified atom stereocenters. The Morgan fingerprint density at radius 3 is 2.66 bits per heavy atom. The van der Waals surface area contributed by atoms with E-state index in [0.717, 1.165) is 47.0 Å². The minimum absolute atomic E-state index is 0.499. The SMILES string of the molecule is COc1cccc(Nc2nccc(-c3cn(CCN(C)C)nc3-c3ccc(Cl)cc3)n2)c1. The molecule has 0 bridgehead atoms. The van der Waals surface area contributed by atoms with Crippen molar-refractivity contribution in [1.82, 2.24) is 24.6 Å². The topological polar surface area (TPSA) is 68.1 Å². The van der Waals surface area contributed by atoms with Crippen LogP contribution in [0.5, 0.6) is 5.75 Å². The second-order valence-electron chi connectivity index (χ2n) is 7.59. The monoisotopic (exact) mass is 448 g/mol. The number of ether oxygens (including phenoxy) is 1. The molecule has 2 aromatic carbocycles. The van der Waals surface area contributed by atoms with E-state index in [-0.39, 0.29) is 0 Å². The van der Waals surface area contributed by atoms with Crippen molar-refractivity contribution < 1.29 is 4.74 Å². The molecule has 0 spiro atoms. The van der Waals surface area contributed by atoms with E-state index < -0.39 is 0 Å². The first-order valence-electron chi connectivity index (χ1n) is 10.2. The van der Waals surface area contributed by atoms with Crippen LogP contribution in [0, 0.1) is 0 Å². The van der Waals surface area contributed by atoms with Gasteiger partial charge in [-0.15, -0.1) is 0 Å². The second kappa shape index (κ2) is 9.80. The normalized spacial score (nSPS) is 11.0. The molecule has 164 valence electrons. The van der Waals surface area contributed by atoms with E-state index in [1.54, 1.807) is 13.3 Å². The average Bonchev–Trinajstić information content (AvgIpc) is 3.23. The maximum atomic E-state index is 6.10. The Labute approximate surface area is 192 Å². The summed E-state index contributed by atoms with van der Waals surface area (Å²) in [6.07, 6.45) is 3.78. The van der Waals surface area contributed by atoms with Crippen LogP contribution in [0.3, 0.4) is 0 Å². The summed E-state index contributed by atoms with van der Waals surface area (Å²) in [4.78, 5) is 11.3. The summed E-state index contributed by atoms with van der Waals surface area (Å²) in [5.41, 5.74) is 4.40. The lowest BCUT2D eigenvalue weighted by molar-refractivity contribution is 0.373. The molecule has 0 saturated carbocycles. The highest BCUT2D eigenvalue weighted by Gasteiger charge is 2.15. The Bertz CT molecular complexity index is 1190. The minimum Gasteiger partial charge on any atom is -0.497 e. The summed E-state index contributed by atoms with van der Waals surface area (Å²) in [6.45, 7) is 1.65. The zero-order valence-electron chi connectivity index (χ0n) is 18.3. The van der Waals surface area contributed by atoms with E-state index in [4.69, 9.17) is 26.4 Å². The van der Waals surface area contributed by atoms with Crippen molar-refractivity contribution in [3.8, 4) is 28.3 Å². The maximum Gasteiger partial charge on any atom is 0.227 e. The average molecular weight is 449 g/mol. The number of hydrogen-bond donors (Lipinski definition) is 1. The number of benzene rings is 2. The van der Waals surface area contributed by atoms with Crippen LogP contribution in [0.2, 0.25) is 5.02 Å². The third kappa shape index (κ3) is 5.25. The van der Waals surface area contributed by atoms with Gasteiger partial charge in [0.15, 0.2) is 0 Å². The lowest BCUT2D eigenvalue weighted by atomic mass is 10.1. The number of halogens is 1. The van der Waals surface area contributed by atoms with Gasteiger partial charge in [-0.05, 0) is 44.4 Å². The Kier molecular flexibility index (Phi) is 6.68. The van der Waals surface area contributed by atoms with Gasteiger partial charge in [0.1, 0.15) is 11.4 Å². The van der Waals surface area contributed by atoms with Crippen molar-refractivity contribution in [2.45, 2.75) is 6.54 Å². The van der Waals surface area contributed by atoms with Crippen molar-refractivity contribution >= 4 is 23.2 Å². The Morgan fingerprint density at radius 2 is 1.91 bits per heavy atom. The van der Waals surface area contributed by atoms with Gasteiger partial charge in [-0.3, -0.25) is 4.68 Å². The molecule has 4 aromatic rings. The first-order valence-corrected chi connectivity index (χ1v) is 10.6. The lowest BCUT2D eigenvalue weighted by Crippen LogP contribution is -2.18. The van der Waals surface area contributed by atoms with Gasteiger partial charge in [-0.2, -0.15) is 5.10 Å². The molecule has 32 heavy (non-hydrogen) atoms. The summed E-state index contributed by atoms with van der Waals surface area (Å²) in [5, 5.41) is 8.78. The first kappa shape index (κ1) is 21.8. The van der Waals surface area contributed by atoms with E-state index in [1.165, 1.54) is 0 Å². The fourth-order valence-electron chi connectivity index (χ4n) is 3.25. The van der Waals surface area contributed by atoms with E-state index in [0.29, 0.717) is 11.0 Å². The molecule has 2 heterocycles. The zero-order valence-corrected chi connectivity index (χ0v) is 19.0. The van der Waals surface area contributed by atoms with Crippen LogP contribution in [0.1, 0.15) is 0 Å². The summed E-state index contributed by atoms with van der Waals surface area (Å²) >= 11 is 6.10. The maximum absolute atomic E-state index is 6.10. The molecule has 0 radical (unpaired) electrons. The van der Waals surface area contributed by atoms with Crippen molar-refractivity contribution in [3.63, 3.8) is 0 Å². The van der Waals surface area contributed by atoms with Crippen LogP contribution >= 0.6 is 11.6 Å². The van der Waals surface area contributed by atoms with E-state index in [9.17, 15) is 0 Å². The van der Waals surface area contributed by atoms with Crippen LogP contribution in [0.25, 0.3) is 22.5 Å². The van der Waals surface area contributed by atoms with E-state index >= 15 is 0 Å². The van der Waals surface area contributed by atoms with Crippen LogP contribution < -0.4 is 10.1 Å². The highest BCUT2D eigenvalue weighted by atomic mass is 35.5. The number of likely N-dealkylation sites (N-methyl/N-ethyl adjacent to an activating group) is 1. The molecule has 4 rings (SSSR count). The quantitative estimate of drug-likeness (QED) is 0.410. The summed E-state index contributed by atoms with van der Waals surface area (Å²) in [6, 6.07) is 17.2. The molecule has 0 atom stereocenters. The highest BCUT2D eigenvalue weighted by Crippen LogP contribution is 2.31. The fraction of sp³-hybridized carbons (Fsp3) is 0.208. The van der Waals surface area contributed by atoms with E-state index in [1.807, 2.05) is 79.6 Å². The predicted molar refractivity (Wildman–Crippen MR) is 129 cm³/mol. The zero-order chi connectivity index (χ0) is 22.5. The summed E-state index contributed by atoms with van der Waals surface area (Å²) in [7, 11) is 5.74. The van der Waals surface area contributed by atoms with Gasteiger partial charge in [0, 0.05) is 46.8 Å². The number of hydrogen-bond acceptors (Lipinski definition) is 6. The van der Waals surface area contributed by atoms with E-state index in [2.05, 4.69) is 15.2 Å². The van der Waals surface area contributed by atoms with Gasteiger partial charge in [0.05, 0.1) is 19.3 Å². The molecule has 8 heteroatoms. The molecule has 0 fully saturated rings. The fourth-order valence-corrected chi connectivity index (χ4v) is 3.37.